The summed E-state index contributed by atoms with van der Waals surface area (Å²) in [7, 11) is 0. The molecule has 1 aromatic heterocycles. The molecule has 2 amide bonds. The molecule has 0 unspecified atom stereocenters. The van der Waals surface area contributed by atoms with Gasteiger partial charge in [0.2, 0.25) is 0 Å². The normalized spacial score (nSPS) is 26.5. The van der Waals surface area contributed by atoms with Crippen molar-refractivity contribution in [2.75, 3.05) is 43.1 Å². The average Bonchev–Trinajstić information content (AvgIpc) is 2.75. The third-order valence-electron chi connectivity index (χ3n) is 6.58. The molecule has 2 aliphatic carbocycles. The molecule has 3 aliphatic rings. The third-order valence-corrected chi connectivity index (χ3v) is 6.58. The fourth-order valence-electron chi connectivity index (χ4n) is 5.03. The molecular weight excluding hydrogens is 356 g/mol. The van der Waals surface area contributed by atoms with Gasteiger partial charge in [-0.1, -0.05) is 19.3 Å². The first-order valence-electron chi connectivity index (χ1n) is 10.7. The Bertz CT molecular complexity index is 654. The lowest BCUT2D eigenvalue weighted by atomic mass is 9.55. The Labute approximate surface area is 167 Å². The van der Waals surface area contributed by atoms with Gasteiger partial charge in [-0.2, -0.15) is 0 Å². The maximum absolute atomic E-state index is 12.6. The van der Waals surface area contributed by atoms with Crippen LogP contribution in [0.25, 0.3) is 0 Å². The van der Waals surface area contributed by atoms with Crippen LogP contribution in [0.1, 0.15) is 45.4 Å². The number of urea groups is 1. The summed E-state index contributed by atoms with van der Waals surface area (Å²) in [6.45, 7) is 5.96. The molecule has 1 saturated heterocycles. The fourth-order valence-corrected chi connectivity index (χ4v) is 5.03. The quantitative estimate of drug-likeness (QED) is 0.810. The van der Waals surface area contributed by atoms with Crippen molar-refractivity contribution in [3.63, 3.8) is 0 Å². The standard InChI is InChI=1S/C21H32N4O3/c1-2-28-18-14-17(21(18)8-4-3-5-9-21)24-20(26)23-16-6-7-19(22-15-16)25-10-12-27-13-11-25/h6-7,15,17-18H,2-5,8-14H2,1H3,(H2,23,24,26)/t17-,18-/m0/s1. The molecule has 7 nitrogen and oxygen atoms in total. The molecule has 2 heterocycles. The van der Waals surface area contributed by atoms with E-state index in [4.69, 9.17) is 9.47 Å². The Morgan fingerprint density at radius 2 is 2.07 bits per heavy atom. The zero-order valence-electron chi connectivity index (χ0n) is 16.8. The number of amides is 2. The number of rotatable bonds is 5. The summed E-state index contributed by atoms with van der Waals surface area (Å²) in [5.41, 5.74) is 0.845. The van der Waals surface area contributed by atoms with E-state index in [0.29, 0.717) is 5.69 Å². The third kappa shape index (κ3) is 3.96. The Morgan fingerprint density at radius 3 is 2.75 bits per heavy atom. The van der Waals surface area contributed by atoms with Gasteiger partial charge in [0, 0.05) is 31.2 Å². The van der Waals surface area contributed by atoms with E-state index in [0.717, 1.165) is 58.0 Å². The topological polar surface area (TPSA) is 75.7 Å². The number of morpholine rings is 1. The number of carbonyl (C=O) groups is 1. The van der Waals surface area contributed by atoms with Gasteiger partial charge in [-0.15, -0.1) is 0 Å². The van der Waals surface area contributed by atoms with Crippen molar-refractivity contribution in [3.05, 3.63) is 18.3 Å². The van der Waals surface area contributed by atoms with Gasteiger partial charge in [-0.05, 0) is 38.3 Å². The van der Waals surface area contributed by atoms with E-state index < -0.39 is 0 Å². The van der Waals surface area contributed by atoms with E-state index in [1.165, 1.54) is 19.3 Å². The molecule has 0 aromatic carbocycles. The summed E-state index contributed by atoms with van der Waals surface area (Å²) >= 11 is 0. The average molecular weight is 389 g/mol. The van der Waals surface area contributed by atoms with Crippen molar-refractivity contribution >= 4 is 17.5 Å². The summed E-state index contributed by atoms with van der Waals surface area (Å²) in [5.74, 6) is 0.925. The van der Waals surface area contributed by atoms with E-state index in [9.17, 15) is 4.79 Å². The number of anilines is 2. The van der Waals surface area contributed by atoms with Crippen molar-refractivity contribution in [2.45, 2.75) is 57.6 Å². The van der Waals surface area contributed by atoms with Crippen molar-refractivity contribution in [3.8, 4) is 0 Å². The van der Waals surface area contributed by atoms with Crippen LogP contribution in [0.2, 0.25) is 0 Å². The molecule has 0 bridgehead atoms. The lowest BCUT2D eigenvalue weighted by Gasteiger charge is -2.57. The highest BCUT2D eigenvalue weighted by Crippen LogP contribution is 2.53. The van der Waals surface area contributed by atoms with Crippen LogP contribution in [0.3, 0.4) is 0 Å². The van der Waals surface area contributed by atoms with Crippen molar-refractivity contribution < 1.29 is 14.3 Å². The minimum atomic E-state index is -0.147. The van der Waals surface area contributed by atoms with Crippen LogP contribution in [0.5, 0.6) is 0 Å². The molecule has 2 atom stereocenters. The molecule has 1 aliphatic heterocycles. The van der Waals surface area contributed by atoms with Crippen LogP contribution < -0.4 is 15.5 Å². The highest BCUT2D eigenvalue weighted by Gasteiger charge is 2.56. The van der Waals surface area contributed by atoms with Crippen LogP contribution >= 0.6 is 0 Å². The van der Waals surface area contributed by atoms with E-state index in [1.54, 1.807) is 6.20 Å². The molecule has 1 spiro atoms. The van der Waals surface area contributed by atoms with Crippen molar-refractivity contribution in [2.24, 2.45) is 5.41 Å². The number of hydrogen-bond acceptors (Lipinski definition) is 5. The molecule has 2 N–H and O–H groups in total. The number of nitrogens with one attached hydrogen (secondary N) is 2. The second-order valence-corrected chi connectivity index (χ2v) is 8.13. The number of aromatic nitrogens is 1. The lowest BCUT2D eigenvalue weighted by molar-refractivity contribution is -0.146. The Balaban J connectivity index is 1.32. The Hall–Kier alpha value is -1.86. The Morgan fingerprint density at radius 1 is 1.29 bits per heavy atom. The molecule has 1 aromatic rings. The first kappa shape index (κ1) is 19.5. The van der Waals surface area contributed by atoms with Gasteiger partial charge >= 0.3 is 6.03 Å². The van der Waals surface area contributed by atoms with Gasteiger partial charge in [0.15, 0.2) is 0 Å². The van der Waals surface area contributed by atoms with Crippen molar-refractivity contribution in [1.82, 2.24) is 10.3 Å². The van der Waals surface area contributed by atoms with Crippen LogP contribution in [0.4, 0.5) is 16.3 Å². The molecule has 2 saturated carbocycles. The first-order chi connectivity index (χ1) is 13.7. The van der Waals surface area contributed by atoms with Gasteiger partial charge in [0.05, 0.1) is 31.2 Å². The smallest absolute Gasteiger partial charge is 0.319 e. The minimum absolute atomic E-state index is 0.129. The molecule has 154 valence electrons. The predicted molar refractivity (Wildman–Crippen MR) is 109 cm³/mol. The summed E-state index contributed by atoms with van der Waals surface area (Å²) in [6, 6.07) is 3.92. The second kappa shape index (κ2) is 8.66. The van der Waals surface area contributed by atoms with Gasteiger partial charge in [0.25, 0.3) is 0 Å². The molecule has 4 rings (SSSR count). The van der Waals surface area contributed by atoms with Gasteiger partial charge in [0.1, 0.15) is 5.82 Å². The largest absolute Gasteiger partial charge is 0.378 e. The van der Waals surface area contributed by atoms with Gasteiger partial charge in [-0.25, -0.2) is 9.78 Å². The summed E-state index contributed by atoms with van der Waals surface area (Å²) < 4.78 is 11.4. The van der Waals surface area contributed by atoms with Crippen molar-refractivity contribution in [1.29, 1.82) is 0 Å². The number of nitrogens with zero attached hydrogens (tertiary/aromatic N) is 2. The number of hydrogen-bond donors (Lipinski definition) is 2. The maximum atomic E-state index is 12.6. The van der Waals surface area contributed by atoms with E-state index in [2.05, 4.69) is 27.4 Å². The van der Waals surface area contributed by atoms with Crippen LogP contribution in [-0.2, 0) is 9.47 Å². The van der Waals surface area contributed by atoms with Gasteiger partial charge < -0.3 is 25.0 Å². The van der Waals surface area contributed by atoms with E-state index >= 15 is 0 Å². The van der Waals surface area contributed by atoms with Crippen LogP contribution in [0.15, 0.2) is 18.3 Å². The molecule has 3 fully saturated rings. The monoisotopic (exact) mass is 388 g/mol. The summed E-state index contributed by atoms with van der Waals surface area (Å²) in [6.07, 6.45) is 8.99. The lowest BCUT2D eigenvalue weighted by Crippen LogP contribution is -2.65. The van der Waals surface area contributed by atoms with Gasteiger partial charge in [-0.3, -0.25) is 0 Å². The highest BCUT2D eigenvalue weighted by atomic mass is 16.5. The number of carbonyl (C=O) groups excluding carboxylic acids is 1. The first-order valence-corrected chi connectivity index (χ1v) is 10.7. The number of ether oxygens (including phenoxy) is 2. The number of pyridine rings is 1. The zero-order valence-corrected chi connectivity index (χ0v) is 16.8. The van der Waals surface area contributed by atoms with E-state index in [-0.39, 0.29) is 23.6 Å². The molecular formula is C21H32N4O3. The zero-order chi connectivity index (χ0) is 19.4. The van der Waals surface area contributed by atoms with E-state index in [1.807, 2.05) is 12.1 Å². The fraction of sp³-hybridized carbons (Fsp3) is 0.714. The highest BCUT2D eigenvalue weighted by molar-refractivity contribution is 5.89. The van der Waals surface area contributed by atoms with Crippen LogP contribution in [0, 0.1) is 5.41 Å². The predicted octanol–water partition coefficient (Wildman–Crippen LogP) is 3.17. The van der Waals surface area contributed by atoms with Crippen LogP contribution in [-0.4, -0.2) is 56.1 Å². The second-order valence-electron chi connectivity index (χ2n) is 8.13. The minimum Gasteiger partial charge on any atom is -0.378 e. The SMILES string of the molecule is CCO[C@H]1C[C@H](NC(=O)Nc2ccc(N3CCOCC3)nc2)C12CCCCC2. The summed E-state index contributed by atoms with van der Waals surface area (Å²) in [4.78, 5) is 19.3. The molecule has 28 heavy (non-hydrogen) atoms. The molecule has 7 heteroatoms. The summed E-state index contributed by atoms with van der Waals surface area (Å²) in [5, 5.41) is 6.15. The Kier molecular flexibility index (Phi) is 6.01. The molecule has 0 radical (unpaired) electrons. The maximum Gasteiger partial charge on any atom is 0.319 e.